The van der Waals surface area contributed by atoms with Gasteiger partial charge in [0.2, 0.25) is 0 Å². The molecule has 1 N–H and O–H groups in total. The Morgan fingerprint density at radius 2 is 0.330 bits per heavy atom. The minimum absolute atomic E-state index is 0.0314. The highest BCUT2D eigenvalue weighted by Crippen LogP contribution is 2.38. The van der Waals surface area contributed by atoms with E-state index in [1.165, 1.54) is 44.5 Å². The molecule has 0 fully saturated rings. The van der Waals surface area contributed by atoms with Gasteiger partial charge >= 0.3 is 0 Å². The fourth-order valence-corrected chi connectivity index (χ4v) is 10.2. The summed E-state index contributed by atoms with van der Waals surface area (Å²) >= 11 is 0. The molecule has 0 spiro atoms. The van der Waals surface area contributed by atoms with Gasteiger partial charge in [0.05, 0.1) is 6.61 Å². The lowest BCUT2D eigenvalue weighted by atomic mass is 9.79. The molecule has 0 atom stereocenters. The number of aliphatic hydroxyl groups is 1. The van der Waals surface area contributed by atoms with Gasteiger partial charge in [-0.2, -0.15) is 0 Å². The van der Waals surface area contributed by atoms with E-state index in [1.807, 2.05) is 54.6 Å². The molecule has 0 aromatic heterocycles. The van der Waals surface area contributed by atoms with Gasteiger partial charge in [0.1, 0.15) is 74.1 Å². The molecule has 474 valence electrons. The summed E-state index contributed by atoms with van der Waals surface area (Å²) in [5.74, 6) is 3.82. The Morgan fingerprint density at radius 3 is 0.466 bits per heavy atom. The Hall–Kier alpha value is -6.70. The molecule has 0 bridgehead atoms. The summed E-state index contributed by atoms with van der Waals surface area (Å²) in [6.45, 7) is 55.9. The first-order valence-electron chi connectivity index (χ1n) is 31.9. The van der Waals surface area contributed by atoms with E-state index in [4.69, 9.17) is 28.4 Å². The van der Waals surface area contributed by atoms with Crippen LogP contribution < -0.4 is 28.4 Å². The van der Waals surface area contributed by atoms with Gasteiger partial charge in [-0.3, -0.25) is 0 Å². The molecule has 88 heavy (non-hydrogen) atoms. The number of rotatable bonds is 19. The molecule has 0 unspecified atom stereocenters. The van der Waals surface area contributed by atoms with Crippen molar-refractivity contribution in [1.82, 2.24) is 0 Å². The number of hydrogen-bond donors (Lipinski definition) is 1. The van der Waals surface area contributed by atoms with Crippen molar-refractivity contribution in [2.45, 2.75) is 256 Å². The molecule has 7 aromatic rings. The SMILES string of the molecule is CC(C)(C)c1cc(COc2cc(COc3cc(CO)cc(OCc4cc(OCc5cc(C(C)(C)C)cc(C(C)(C)C)c5)cc(OCc5cc(C(C)(C)C)cc(C(C)(C)C)c5)c4)c3)cc(OCc3cc(C(C)(C)C)cc(C(C)(C)C)c3)c2)cc(C(C)(C)C)c1. The zero-order valence-corrected chi connectivity index (χ0v) is 58.5. The maximum Gasteiger partial charge on any atom is 0.123 e. The predicted molar refractivity (Wildman–Crippen MR) is 367 cm³/mol. The lowest BCUT2D eigenvalue weighted by Gasteiger charge is -2.26. The van der Waals surface area contributed by atoms with Crippen LogP contribution >= 0.6 is 0 Å². The largest absolute Gasteiger partial charge is 0.489 e. The van der Waals surface area contributed by atoms with E-state index in [2.05, 4.69) is 239 Å². The lowest BCUT2D eigenvalue weighted by Crippen LogP contribution is -2.17. The number of hydrogen-bond acceptors (Lipinski definition) is 7. The van der Waals surface area contributed by atoms with Crippen LogP contribution in [0.5, 0.6) is 34.5 Å². The monoisotopic (exact) mass is 1190 g/mol. The molecule has 0 aliphatic rings. The Labute approximate surface area is 531 Å². The zero-order chi connectivity index (χ0) is 65.2. The maximum atomic E-state index is 10.6. The Morgan fingerprint density at radius 1 is 0.193 bits per heavy atom. The molecule has 7 rings (SSSR count). The van der Waals surface area contributed by atoms with E-state index in [0.29, 0.717) is 66.5 Å². The minimum Gasteiger partial charge on any atom is -0.489 e. The van der Waals surface area contributed by atoms with Gasteiger partial charge < -0.3 is 33.5 Å². The topological polar surface area (TPSA) is 75.6 Å². The minimum atomic E-state index is -0.197. The maximum absolute atomic E-state index is 10.6. The standard InChI is InChI=1S/C81H108O7/c1-74(2,3)60-25-54(26-61(39-60)75(4,5)6)47-83-70-35-58(36-71(44-70)84-48-55-27-62(76(7,8)9)40-63(28-55)77(10,11)12)51-87-68-33-53(46-82)34-69(43-68)88-52-59-37-72(85-49-56-29-64(78(13,14)15)41-65(30-56)79(16,17)18)45-73(38-59)86-50-57-31-66(80(19,20)21)42-67(32-57)81(22,23)24/h25-45,82H,46-52H2,1-24H3. The molecular formula is C81H108O7. The number of aliphatic hydroxyl groups excluding tert-OH is 1. The van der Waals surface area contributed by atoms with Crippen LogP contribution in [0, 0.1) is 0 Å². The molecule has 7 nitrogen and oxygen atoms in total. The van der Waals surface area contributed by atoms with Gasteiger partial charge in [0.25, 0.3) is 0 Å². The summed E-state index contributed by atoms with van der Waals surface area (Å²) < 4.78 is 40.2. The van der Waals surface area contributed by atoms with Gasteiger partial charge in [0, 0.05) is 18.2 Å². The summed E-state index contributed by atoms with van der Waals surface area (Å²) in [4.78, 5) is 0. The predicted octanol–water partition coefficient (Wildman–Crippen LogP) is 21.0. The van der Waals surface area contributed by atoms with E-state index in [1.54, 1.807) is 0 Å². The summed E-state index contributed by atoms with van der Waals surface area (Å²) in [5, 5.41) is 10.6. The van der Waals surface area contributed by atoms with E-state index in [-0.39, 0.29) is 63.1 Å². The fourth-order valence-electron chi connectivity index (χ4n) is 10.2. The molecule has 0 amide bonds. The third-order valence-corrected chi connectivity index (χ3v) is 16.3. The number of ether oxygens (including phenoxy) is 6. The van der Waals surface area contributed by atoms with Crippen LogP contribution in [0.2, 0.25) is 0 Å². The second-order valence-corrected chi connectivity index (χ2v) is 33.0. The molecule has 0 heterocycles. The molecule has 0 saturated carbocycles. The molecular weight excluding hydrogens is 1080 g/mol. The van der Waals surface area contributed by atoms with Crippen molar-refractivity contribution >= 4 is 0 Å². The molecule has 0 aliphatic carbocycles. The number of benzene rings is 7. The van der Waals surface area contributed by atoms with Crippen LogP contribution in [-0.2, 0) is 89.6 Å². The van der Waals surface area contributed by atoms with Crippen molar-refractivity contribution in [2.24, 2.45) is 0 Å². The summed E-state index contributed by atoms with van der Waals surface area (Å²) in [6, 6.07) is 45.2. The van der Waals surface area contributed by atoms with Crippen molar-refractivity contribution in [2.75, 3.05) is 0 Å². The molecule has 0 aliphatic heterocycles. The third-order valence-electron chi connectivity index (χ3n) is 16.3. The van der Waals surface area contributed by atoms with Crippen LogP contribution in [0.1, 0.15) is 250 Å². The van der Waals surface area contributed by atoms with Crippen molar-refractivity contribution < 1.29 is 33.5 Å². The first-order valence-corrected chi connectivity index (χ1v) is 31.9. The highest BCUT2D eigenvalue weighted by atomic mass is 16.5. The van der Waals surface area contributed by atoms with Gasteiger partial charge in [0.15, 0.2) is 0 Å². The summed E-state index contributed by atoms with van der Waals surface area (Å²) in [6.07, 6.45) is 0. The average Bonchev–Trinajstić information content (AvgIpc) is 2.00. The van der Waals surface area contributed by atoms with E-state index >= 15 is 0 Å². The van der Waals surface area contributed by atoms with Gasteiger partial charge in [-0.05, 0) is 163 Å². The van der Waals surface area contributed by atoms with Crippen LogP contribution in [0.15, 0.2) is 127 Å². The lowest BCUT2D eigenvalue weighted by molar-refractivity contribution is 0.267. The molecule has 7 heteroatoms. The highest BCUT2D eigenvalue weighted by molar-refractivity contribution is 5.46. The van der Waals surface area contributed by atoms with E-state index in [9.17, 15) is 5.11 Å². The first kappa shape index (κ1) is 68.8. The zero-order valence-electron chi connectivity index (χ0n) is 58.5. The third kappa shape index (κ3) is 19.6. The first-order chi connectivity index (χ1) is 40.5. The Bertz CT molecular complexity index is 2970. The quantitative estimate of drug-likeness (QED) is 0.0865. The smallest absolute Gasteiger partial charge is 0.123 e. The Kier molecular flexibility index (Phi) is 20.6. The summed E-state index contributed by atoms with van der Waals surface area (Å²) in [7, 11) is 0. The van der Waals surface area contributed by atoms with E-state index in [0.717, 1.165) is 33.4 Å². The van der Waals surface area contributed by atoms with Crippen molar-refractivity contribution in [3.63, 3.8) is 0 Å². The van der Waals surface area contributed by atoms with Gasteiger partial charge in [-0.25, -0.2) is 0 Å². The fraction of sp³-hybridized carbons (Fsp3) is 0.481. The van der Waals surface area contributed by atoms with Crippen molar-refractivity contribution in [3.05, 3.63) is 211 Å². The van der Waals surface area contributed by atoms with Crippen LogP contribution in [0.3, 0.4) is 0 Å². The second kappa shape index (κ2) is 26.4. The summed E-state index contributed by atoms with van der Waals surface area (Å²) in [5.41, 5.74) is 16.8. The highest BCUT2D eigenvalue weighted by Gasteiger charge is 2.26. The van der Waals surface area contributed by atoms with E-state index < -0.39 is 0 Å². The molecule has 0 saturated heterocycles. The van der Waals surface area contributed by atoms with Gasteiger partial charge in [-0.1, -0.05) is 239 Å². The van der Waals surface area contributed by atoms with Crippen molar-refractivity contribution in [3.8, 4) is 34.5 Å². The van der Waals surface area contributed by atoms with Crippen LogP contribution in [0.4, 0.5) is 0 Å². The Balaban J connectivity index is 1.18. The molecule has 7 aromatic carbocycles. The molecule has 0 radical (unpaired) electrons. The average molecular weight is 1190 g/mol. The normalized spacial score (nSPS) is 12.9. The van der Waals surface area contributed by atoms with Crippen LogP contribution in [-0.4, -0.2) is 5.11 Å². The van der Waals surface area contributed by atoms with Gasteiger partial charge in [-0.15, -0.1) is 0 Å². The second-order valence-electron chi connectivity index (χ2n) is 33.0. The van der Waals surface area contributed by atoms with Crippen LogP contribution in [0.25, 0.3) is 0 Å². The van der Waals surface area contributed by atoms with Crippen molar-refractivity contribution in [1.29, 1.82) is 0 Å².